The van der Waals surface area contributed by atoms with E-state index in [1.807, 2.05) is 0 Å². The summed E-state index contributed by atoms with van der Waals surface area (Å²) in [6, 6.07) is 0. The van der Waals surface area contributed by atoms with Gasteiger partial charge in [0.2, 0.25) is 6.29 Å². The van der Waals surface area contributed by atoms with Gasteiger partial charge < -0.3 is 29.0 Å². The quantitative estimate of drug-likeness (QED) is 0.196. The van der Waals surface area contributed by atoms with Crippen LogP contribution in [0.15, 0.2) is 0 Å². The average Bonchev–Trinajstić information content (AvgIpc) is 2.61. The number of ether oxygens (including phenoxy) is 5. The molecule has 0 bridgehead atoms. The van der Waals surface area contributed by atoms with Gasteiger partial charge in [-0.3, -0.25) is 18.9 Å². The summed E-state index contributed by atoms with van der Waals surface area (Å²) in [6.45, 7) is 4.52. The number of hydrogen-bond acceptors (Lipinski definition) is 11. The van der Waals surface area contributed by atoms with Crippen molar-refractivity contribution in [3.63, 3.8) is 0 Å². The number of amides is 1. The molecule has 1 amide bonds. The third kappa shape index (κ3) is 9.93. The summed E-state index contributed by atoms with van der Waals surface area (Å²) in [4.78, 5) is 46.2. The summed E-state index contributed by atoms with van der Waals surface area (Å²) in [5.41, 5.74) is 0. The molecule has 14 heteroatoms. The summed E-state index contributed by atoms with van der Waals surface area (Å²) in [6.07, 6.45) is -5.41. The van der Waals surface area contributed by atoms with Crippen LogP contribution in [0.4, 0.5) is 4.79 Å². The van der Waals surface area contributed by atoms with E-state index in [9.17, 15) is 27.6 Å². The van der Waals surface area contributed by atoms with Crippen LogP contribution in [0, 0.1) is 5.92 Å². The van der Waals surface area contributed by atoms with E-state index in [-0.39, 0.29) is 13.0 Å². The van der Waals surface area contributed by atoms with Crippen molar-refractivity contribution in [1.82, 2.24) is 5.32 Å². The molecule has 0 aromatic heterocycles. The van der Waals surface area contributed by atoms with Gasteiger partial charge in [-0.2, -0.15) is 8.42 Å². The fourth-order valence-corrected chi connectivity index (χ4v) is 3.39. The number of alkyl carbamates (subject to hydrolysis) is 1. The number of esters is 3. The Bertz CT molecular complexity index is 767. The van der Waals surface area contributed by atoms with E-state index in [0.29, 0.717) is 0 Å². The molecule has 1 aliphatic rings. The predicted molar refractivity (Wildman–Crippen MR) is 101 cm³/mol. The number of rotatable bonds is 9. The first kappa shape index (κ1) is 26.6. The molecular weight excluding hydrogens is 442 g/mol. The van der Waals surface area contributed by atoms with Gasteiger partial charge in [0.1, 0.15) is 18.8 Å². The molecule has 31 heavy (non-hydrogen) atoms. The van der Waals surface area contributed by atoms with E-state index in [4.69, 9.17) is 28.2 Å². The van der Waals surface area contributed by atoms with Crippen LogP contribution < -0.4 is 5.32 Å². The highest BCUT2D eigenvalue weighted by Crippen LogP contribution is 2.31. The van der Waals surface area contributed by atoms with E-state index < -0.39 is 77.0 Å². The monoisotopic (exact) mass is 469 g/mol. The fourth-order valence-electron chi connectivity index (χ4n) is 2.88. The van der Waals surface area contributed by atoms with E-state index >= 15 is 0 Å². The van der Waals surface area contributed by atoms with Crippen LogP contribution in [0.5, 0.6) is 0 Å². The van der Waals surface area contributed by atoms with Crippen molar-refractivity contribution in [2.75, 3.05) is 18.9 Å². The highest BCUT2D eigenvalue weighted by molar-refractivity contribution is 7.85. The lowest BCUT2D eigenvalue weighted by Crippen LogP contribution is -2.58. The van der Waals surface area contributed by atoms with Crippen molar-refractivity contribution in [2.45, 2.75) is 58.7 Å². The zero-order valence-electron chi connectivity index (χ0n) is 17.6. The molecule has 1 heterocycles. The van der Waals surface area contributed by atoms with E-state index in [0.717, 1.165) is 20.8 Å². The SMILES string of the molecule is CC(=O)O[C@@H]1O[C@H](COC(=O)NCCCS(=O)(=O)O)[C@@H](OC(C)=O)[C@H](C)[C@H]1OC(C)=O. The van der Waals surface area contributed by atoms with Gasteiger partial charge in [-0.25, -0.2) is 4.79 Å². The summed E-state index contributed by atoms with van der Waals surface area (Å²) in [5.74, 6) is -3.26. The Balaban J connectivity index is 2.81. The second-order valence-electron chi connectivity index (χ2n) is 6.82. The molecule has 0 unspecified atom stereocenters. The summed E-state index contributed by atoms with van der Waals surface area (Å²) >= 11 is 0. The first-order valence-electron chi connectivity index (χ1n) is 9.33. The molecule has 0 radical (unpaired) electrons. The van der Waals surface area contributed by atoms with Gasteiger partial charge in [0.25, 0.3) is 10.1 Å². The molecule has 2 N–H and O–H groups in total. The van der Waals surface area contributed by atoms with Crippen LogP contribution in [0.2, 0.25) is 0 Å². The Labute approximate surface area is 179 Å². The predicted octanol–water partition coefficient (Wildman–Crippen LogP) is -0.222. The van der Waals surface area contributed by atoms with Crippen LogP contribution in [0.3, 0.4) is 0 Å². The van der Waals surface area contributed by atoms with Gasteiger partial charge >= 0.3 is 24.0 Å². The molecule has 0 aromatic rings. The van der Waals surface area contributed by atoms with Gasteiger partial charge in [0.05, 0.1) is 5.75 Å². The van der Waals surface area contributed by atoms with Crippen LogP contribution in [-0.4, -0.2) is 80.5 Å². The Kier molecular flexibility index (Phi) is 10.1. The molecule has 0 spiro atoms. The lowest BCUT2D eigenvalue weighted by atomic mass is 9.90. The number of carbonyl (C=O) groups excluding carboxylic acids is 4. The van der Waals surface area contributed by atoms with Crippen LogP contribution in [0.1, 0.15) is 34.1 Å². The molecule has 1 saturated heterocycles. The zero-order valence-corrected chi connectivity index (χ0v) is 18.4. The maximum absolute atomic E-state index is 11.8. The average molecular weight is 469 g/mol. The van der Waals surface area contributed by atoms with Crippen molar-refractivity contribution < 1.29 is 55.8 Å². The minimum Gasteiger partial charge on any atom is -0.459 e. The van der Waals surface area contributed by atoms with Gasteiger partial charge in [-0.05, 0) is 6.42 Å². The highest BCUT2D eigenvalue weighted by Gasteiger charge is 2.49. The largest absolute Gasteiger partial charge is 0.459 e. The lowest BCUT2D eigenvalue weighted by Gasteiger charge is -2.43. The number of nitrogens with one attached hydrogen (secondary N) is 1. The second kappa shape index (κ2) is 11.8. The van der Waals surface area contributed by atoms with Crippen molar-refractivity contribution in [3.8, 4) is 0 Å². The highest BCUT2D eigenvalue weighted by atomic mass is 32.2. The molecule has 1 aliphatic heterocycles. The smallest absolute Gasteiger partial charge is 0.407 e. The molecular formula is C17H27NO12S. The summed E-state index contributed by atoms with van der Waals surface area (Å²) in [5, 5.41) is 2.29. The standard InChI is InChI=1S/C17H27NO12S/c1-9-14(27-10(2)19)13(8-26-17(22)18-6-5-7-31(23,24)25)30-16(29-12(4)21)15(9)28-11(3)20/h9,13-16H,5-8H2,1-4H3,(H,18,22)(H,23,24,25)/t9-,13+,14-,15+,16+/m0/s1. The van der Waals surface area contributed by atoms with Crippen LogP contribution >= 0.6 is 0 Å². The van der Waals surface area contributed by atoms with Crippen molar-refractivity contribution >= 4 is 34.1 Å². The topological polar surface area (TPSA) is 181 Å². The van der Waals surface area contributed by atoms with Crippen molar-refractivity contribution in [3.05, 3.63) is 0 Å². The van der Waals surface area contributed by atoms with Gasteiger partial charge in [0.15, 0.2) is 6.10 Å². The number of carbonyl (C=O) groups is 4. The van der Waals surface area contributed by atoms with Gasteiger partial charge in [0, 0.05) is 33.2 Å². The second-order valence-corrected chi connectivity index (χ2v) is 8.40. The molecule has 13 nitrogen and oxygen atoms in total. The molecule has 1 fully saturated rings. The van der Waals surface area contributed by atoms with Crippen LogP contribution in [0.25, 0.3) is 0 Å². The normalized spacial score (nSPS) is 25.8. The fraction of sp³-hybridized carbons (Fsp3) is 0.765. The molecule has 0 aliphatic carbocycles. The Hall–Kier alpha value is -2.45. The van der Waals surface area contributed by atoms with Gasteiger partial charge in [-0.1, -0.05) is 6.92 Å². The van der Waals surface area contributed by atoms with Gasteiger partial charge in [-0.15, -0.1) is 0 Å². The maximum Gasteiger partial charge on any atom is 0.407 e. The molecule has 0 saturated carbocycles. The van der Waals surface area contributed by atoms with Crippen LogP contribution in [-0.2, 0) is 48.2 Å². The minimum absolute atomic E-state index is 0.0421. The Morgan fingerprint density at radius 3 is 2.03 bits per heavy atom. The zero-order chi connectivity index (χ0) is 23.8. The summed E-state index contributed by atoms with van der Waals surface area (Å²) in [7, 11) is -4.14. The van der Waals surface area contributed by atoms with Crippen molar-refractivity contribution in [2.24, 2.45) is 5.92 Å². The Morgan fingerprint density at radius 1 is 0.968 bits per heavy atom. The number of hydrogen-bond donors (Lipinski definition) is 2. The lowest BCUT2D eigenvalue weighted by molar-refractivity contribution is -0.284. The Morgan fingerprint density at radius 2 is 1.52 bits per heavy atom. The third-order valence-corrected chi connectivity index (χ3v) is 4.90. The molecule has 178 valence electrons. The first-order valence-corrected chi connectivity index (χ1v) is 10.9. The molecule has 1 rings (SSSR count). The van der Waals surface area contributed by atoms with E-state index in [1.165, 1.54) is 0 Å². The third-order valence-electron chi connectivity index (χ3n) is 4.09. The van der Waals surface area contributed by atoms with E-state index in [2.05, 4.69) is 5.32 Å². The molecule has 0 aromatic carbocycles. The van der Waals surface area contributed by atoms with E-state index in [1.54, 1.807) is 6.92 Å². The maximum atomic E-state index is 11.8. The summed E-state index contributed by atoms with van der Waals surface area (Å²) < 4.78 is 56.0. The first-order chi connectivity index (χ1) is 14.3. The molecule has 5 atom stereocenters. The minimum atomic E-state index is -4.14. The van der Waals surface area contributed by atoms with Crippen molar-refractivity contribution in [1.29, 1.82) is 0 Å².